The van der Waals surface area contributed by atoms with E-state index < -0.39 is 11.7 Å². The van der Waals surface area contributed by atoms with Gasteiger partial charge in [-0.15, -0.1) is 0 Å². The highest BCUT2D eigenvalue weighted by molar-refractivity contribution is 6.36. The van der Waals surface area contributed by atoms with Crippen LogP contribution in [0.1, 0.15) is 52.4 Å². The summed E-state index contributed by atoms with van der Waals surface area (Å²) in [5.74, 6) is -1.39. The number of carbonyl (C=O) groups is 3. The summed E-state index contributed by atoms with van der Waals surface area (Å²) in [5.41, 5.74) is 0. The fourth-order valence-electron chi connectivity index (χ4n) is 2.19. The van der Waals surface area contributed by atoms with Crippen molar-refractivity contribution in [2.75, 3.05) is 6.54 Å². The fourth-order valence-corrected chi connectivity index (χ4v) is 2.19. The highest BCUT2D eigenvalue weighted by Gasteiger charge is 2.18. The van der Waals surface area contributed by atoms with Gasteiger partial charge in [-0.25, -0.2) is 0 Å². The van der Waals surface area contributed by atoms with Gasteiger partial charge in [-0.05, 0) is 12.8 Å². The first-order valence-electron chi connectivity index (χ1n) is 7.12. The molecule has 5 nitrogen and oxygen atoms in total. The Morgan fingerprint density at radius 3 is 2.32 bits per heavy atom. The fraction of sp³-hybridized carbons (Fsp3) is 0.786. The maximum absolute atomic E-state index is 11.6. The second-order valence-electron chi connectivity index (χ2n) is 5.43. The molecule has 2 N–H and O–H groups in total. The van der Waals surface area contributed by atoms with E-state index in [1.165, 1.54) is 19.3 Å². The zero-order valence-corrected chi connectivity index (χ0v) is 11.8. The highest BCUT2D eigenvalue weighted by Crippen LogP contribution is 2.17. The van der Waals surface area contributed by atoms with Gasteiger partial charge in [-0.3, -0.25) is 14.4 Å². The van der Waals surface area contributed by atoms with Crippen molar-refractivity contribution >= 4 is 17.6 Å². The molecule has 1 aliphatic carbocycles. The normalized spacial score (nSPS) is 16.2. The van der Waals surface area contributed by atoms with Crippen molar-refractivity contribution in [1.29, 1.82) is 0 Å². The largest absolute Gasteiger partial charge is 0.353 e. The molecular formula is C14H24N2O3. The lowest BCUT2D eigenvalue weighted by Gasteiger charge is -2.22. The summed E-state index contributed by atoms with van der Waals surface area (Å²) in [4.78, 5) is 34.3. The number of hydrogen-bond donors (Lipinski definition) is 2. The Morgan fingerprint density at radius 1 is 1.11 bits per heavy atom. The Bertz CT molecular complexity index is 334. The van der Waals surface area contributed by atoms with E-state index in [2.05, 4.69) is 10.6 Å². The molecule has 0 bridgehead atoms. The van der Waals surface area contributed by atoms with Crippen LogP contribution in [0.5, 0.6) is 0 Å². The minimum Gasteiger partial charge on any atom is -0.353 e. The third-order valence-electron chi connectivity index (χ3n) is 3.36. The van der Waals surface area contributed by atoms with Crippen LogP contribution < -0.4 is 10.6 Å². The average Bonchev–Trinajstić information content (AvgIpc) is 2.38. The summed E-state index contributed by atoms with van der Waals surface area (Å²) in [6.07, 6.45) is 5.91. The van der Waals surface area contributed by atoms with Gasteiger partial charge in [0.1, 0.15) is 0 Å². The first-order chi connectivity index (χ1) is 9.00. The molecule has 0 radical (unpaired) electrons. The molecule has 0 aromatic heterocycles. The van der Waals surface area contributed by atoms with Crippen LogP contribution in [0.2, 0.25) is 0 Å². The molecule has 0 spiro atoms. The predicted molar refractivity (Wildman–Crippen MR) is 72.5 cm³/mol. The first kappa shape index (κ1) is 15.7. The van der Waals surface area contributed by atoms with Crippen molar-refractivity contribution in [3.8, 4) is 0 Å². The second-order valence-corrected chi connectivity index (χ2v) is 5.43. The maximum atomic E-state index is 11.6. The van der Waals surface area contributed by atoms with Crippen molar-refractivity contribution < 1.29 is 14.4 Å². The standard InChI is InChI=1S/C14H24N2O3/c1-10(2)13(18)14(19)15-9-8-12(17)16-11-6-4-3-5-7-11/h10-11H,3-9H2,1-2H3,(H,15,19)(H,16,17). The Hall–Kier alpha value is -1.39. The highest BCUT2D eigenvalue weighted by atomic mass is 16.2. The van der Waals surface area contributed by atoms with Gasteiger partial charge < -0.3 is 10.6 Å². The lowest BCUT2D eigenvalue weighted by Crippen LogP contribution is -2.39. The molecule has 0 aromatic rings. The Labute approximate surface area is 114 Å². The van der Waals surface area contributed by atoms with Gasteiger partial charge >= 0.3 is 0 Å². The molecular weight excluding hydrogens is 244 g/mol. The molecule has 2 amide bonds. The summed E-state index contributed by atoms with van der Waals surface area (Å²) >= 11 is 0. The van der Waals surface area contributed by atoms with Crippen LogP contribution in [-0.4, -0.2) is 30.2 Å². The summed E-state index contributed by atoms with van der Waals surface area (Å²) < 4.78 is 0. The minimum atomic E-state index is -0.597. The zero-order chi connectivity index (χ0) is 14.3. The van der Waals surface area contributed by atoms with Crippen LogP contribution >= 0.6 is 0 Å². The van der Waals surface area contributed by atoms with E-state index in [4.69, 9.17) is 0 Å². The van der Waals surface area contributed by atoms with Crippen molar-refractivity contribution in [3.63, 3.8) is 0 Å². The lowest BCUT2D eigenvalue weighted by atomic mass is 9.95. The number of nitrogens with one attached hydrogen (secondary N) is 2. The summed E-state index contributed by atoms with van der Waals surface area (Å²) in [5, 5.41) is 5.45. The van der Waals surface area contributed by atoms with E-state index in [1.54, 1.807) is 13.8 Å². The van der Waals surface area contributed by atoms with E-state index in [0.717, 1.165) is 12.8 Å². The Kier molecular flexibility index (Phi) is 6.53. The van der Waals surface area contributed by atoms with Crippen molar-refractivity contribution in [1.82, 2.24) is 10.6 Å². The average molecular weight is 268 g/mol. The smallest absolute Gasteiger partial charge is 0.287 e. The first-order valence-corrected chi connectivity index (χ1v) is 7.12. The molecule has 0 atom stereocenters. The van der Waals surface area contributed by atoms with Gasteiger partial charge in [0.05, 0.1) is 0 Å². The van der Waals surface area contributed by atoms with Crippen molar-refractivity contribution in [3.05, 3.63) is 0 Å². The number of Topliss-reactive ketones (excluding diaryl/α,β-unsaturated/α-hetero) is 1. The Morgan fingerprint density at radius 2 is 1.74 bits per heavy atom. The van der Waals surface area contributed by atoms with Crippen LogP contribution in [0.25, 0.3) is 0 Å². The van der Waals surface area contributed by atoms with Crippen molar-refractivity contribution in [2.24, 2.45) is 5.92 Å². The molecule has 1 aliphatic rings. The van der Waals surface area contributed by atoms with Crippen LogP contribution in [0.4, 0.5) is 0 Å². The molecule has 19 heavy (non-hydrogen) atoms. The minimum absolute atomic E-state index is 0.0517. The quantitative estimate of drug-likeness (QED) is 0.710. The lowest BCUT2D eigenvalue weighted by molar-refractivity contribution is -0.139. The van der Waals surface area contributed by atoms with Gasteiger partial charge in [-0.1, -0.05) is 33.1 Å². The summed E-state index contributed by atoms with van der Waals surface area (Å²) in [6, 6.07) is 0.286. The monoisotopic (exact) mass is 268 g/mol. The van der Waals surface area contributed by atoms with Crippen LogP contribution in [0.3, 0.4) is 0 Å². The van der Waals surface area contributed by atoms with E-state index in [1.807, 2.05) is 0 Å². The maximum Gasteiger partial charge on any atom is 0.287 e. The molecule has 1 fully saturated rings. The molecule has 1 saturated carbocycles. The summed E-state index contributed by atoms with van der Waals surface area (Å²) in [6.45, 7) is 3.57. The Balaban J connectivity index is 2.16. The van der Waals surface area contributed by atoms with Crippen LogP contribution in [-0.2, 0) is 14.4 Å². The van der Waals surface area contributed by atoms with Gasteiger partial charge in [-0.2, -0.15) is 0 Å². The summed E-state index contributed by atoms with van der Waals surface area (Å²) in [7, 11) is 0. The molecule has 0 aliphatic heterocycles. The van der Waals surface area contributed by atoms with E-state index in [0.29, 0.717) is 0 Å². The van der Waals surface area contributed by atoms with Gasteiger partial charge in [0, 0.05) is 24.9 Å². The van der Waals surface area contributed by atoms with Gasteiger partial charge in [0.15, 0.2) is 0 Å². The third kappa shape index (κ3) is 5.85. The van der Waals surface area contributed by atoms with Crippen LogP contribution in [0, 0.1) is 5.92 Å². The number of amides is 2. The van der Waals surface area contributed by atoms with Gasteiger partial charge in [0.25, 0.3) is 5.91 Å². The molecule has 0 unspecified atom stereocenters. The van der Waals surface area contributed by atoms with Crippen LogP contribution in [0.15, 0.2) is 0 Å². The number of ketones is 1. The topological polar surface area (TPSA) is 75.3 Å². The predicted octanol–water partition coefficient (Wildman–Crippen LogP) is 1.17. The second kappa shape index (κ2) is 7.92. The van der Waals surface area contributed by atoms with E-state index >= 15 is 0 Å². The number of rotatable bonds is 6. The molecule has 0 heterocycles. The third-order valence-corrected chi connectivity index (χ3v) is 3.36. The SMILES string of the molecule is CC(C)C(=O)C(=O)NCCC(=O)NC1CCCCC1. The molecule has 0 saturated heterocycles. The van der Waals surface area contributed by atoms with Crippen molar-refractivity contribution in [2.45, 2.75) is 58.4 Å². The van der Waals surface area contributed by atoms with Gasteiger partial charge in [0.2, 0.25) is 11.7 Å². The molecule has 5 heteroatoms. The molecule has 108 valence electrons. The zero-order valence-electron chi connectivity index (χ0n) is 11.8. The molecule has 1 rings (SSSR count). The van der Waals surface area contributed by atoms with E-state index in [9.17, 15) is 14.4 Å². The van der Waals surface area contributed by atoms with E-state index in [-0.39, 0.29) is 30.8 Å². The molecule has 0 aromatic carbocycles. The number of carbonyl (C=O) groups excluding carboxylic acids is 3. The number of hydrogen-bond acceptors (Lipinski definition) is 3.